The van der Waals surface area contributed by atoms with Crippen molar-refractivity contribution in [3.05, 3.63) is 47.7 Å². The molecule has 1 fully saturated rings. The Morgan fingerprint density at radius 1 is 1.22 bits per heavy atom. The Kier molecular flexibility index (Phi) is 3.80. The van der Waals surface area contributed by atoms with Gasteiger partial charge < -0.3 is 10.0 Å². The number of hydrogen-bond donors (Lipinski definition) is 1. The lowest BCUT2D eigenvalue weighted by atomic mass is 9.72. The summed E-state index contributed by atoms with van der Waals surface area (Å²) < 4.78 is 14.2. The molecule has 1 aliphatic carbocycles. The lowest BCUT2D eigenvalue weighted by Crippen LogP contribution is -2.51. The van der Waals surface area contributed by atoms with E-state index in [1.165, 1.54) is 6.07 Å². The summed E-state index contributed by atoms with van der Waals surface area (Å²) in [7, 11) is 1.89. The molecule has 2 aromatic heterocycles. The normalized spacial score (nSPS) is 16.7. The van der Waals surface area contributed by atoms with Gasteiger partial charge in [0.2, 0.25) is 0 Å². The molecule has 0 saturated heterocycles. The van der Waals surface area contributed by atoms with Crippen LogP contribution in [0.1, 0.15) is 44.5 Å². The fourth-order valence-corrected chi connectivity index (χ4v) is 3.02. The molecule has 6 heteroatoms. The predicted octanol–water partition coefficient (Wildman–Crippen LogP) is 2.75. The Morgan fingerprint density at radius 3 is 2.43 bits per heavy atom. The molecule has 1 saturated carbocycles. The third-order valence-corrected chi connectivity index (χ3v) is 4.64. The van der Waals surface area contributed by atoms with Crippen molar-refractivity contribution in [3.8, 4) is 0 Å². The summed E-state index contributed by atoms with van der Waals surface area (Å²) in [5.74, 6) is 0.350. The summed E-state index contributed by atoms with van der Waals surface area (Å²) in [5, 5.41) is 18.3. The average molecular weight is 316 g/mol. The summed E-state index contributed by atoms with van der Waals surface area (Å²) in [6.45, 7) is 3.33. The van der Waals surface area contributed by atoms with E-state index in [9.17, 15) is 9.50 Å². The van der Waals surface area contributed by atoms with Crippen LogP contribution in [0, 0.1) is 5.82 Å². The van der Waals surface area contributed by atoms with Gasteiger partial charge in [-0.25, -0.2) is 4.39 Å². The quantitative estimate of drug-likeness (QED) is 0.940. The fourth-order valence-electron chi connectivity index (χ4n) is 3.02. The first-order valence-corrected chi connectivity index (χ1v) is 7.76. The van der Waals surface area contributed by atoms with Gasteiger partial charge in [0.25, 0.3) is 0 Å². The average Bonchev–Trinajstić information content (AvgIpc) is 2.47. The number of aromatic nitrogens is 3. The van der Waals surface area contributed by atoms with E-state index >= 15 is 0 Å². The molecule has 0 radical (unpaired) electrons. The second-order valence-corrected chi connectivity index (χ2v) is 6.61. The van der Waals surface area contributed by atoms with Crippen LogP contribution in [0.4, 0.5) is 10.2 Å². The van der Waals surface area contributed by atoms with Crippen LogP contribution in [0.25, 0.3) is 0 Å². The molecule has 0 amide bonds. The molecule has 122 valence electrons. The largest absolute Gasteiger partial charge is 0.384 e. The number of halogens is 1. The molecule has 0 spiro atoms. The van der Waals surface area contributed by atoms with Crippen molar-refractivity contribution in [1.82, 2.24) is 15.2 Å². The van der Waals surface area contributed by atoms with Crippen molar-refractivity contribution in [2.45, 2.75) is 44.2 Å². The maximum absolute atomic E-state index is 14.2. The fraction of sp³-hybridized carbons (Fsp3) is 0.471. The van der Waals surface area contributed by atoms with Gasteiger partial charge in [-0.15, -0.1) is 5.10 Å². The number of rotatable bonds is 4. The van der Waals surface area contributed by atoms with E-state index in [2.05, 4.69) is 15.2 Å². The third-order valence-electron chi connectivity index (χ3n) is 4.64. The highest BCUT2D eigenvalue weighted by Crippen LogP contribution is 2.47. The Morgan fingerprint density at radius 2 is 1.96 bits per heavy atom. The summed E-state index contributed by atoms with van der Waals surface area (Å²) in [4.78, 5) is 6.22. The molecule has 3 rings (SSSR count). The number of anilines is 1. The summed E-state index contributed by atoms with van der Waals surface area (Å²) in [6, 6.07) is 6.60. The number of hydrogen-bond acceptors (Lipinski definition) is 5. The SMILES string of the molecule is CN(c1ccc(C(C)(C)O)nn1)C1(c2ncccc2F)CCC1. The number of pyridine rings is 1. The smallest absolute Gasteiger partial charge is 0.151 e. The lowest BCUT2D eigenvalue weighted by molar-refractivity contribution is 0.0728. The molecule has 0 aromatic carbocycles. The van der Waals surface area contributed by atoms with E-state index in [1.54, 1.807) is 38.2 Å². The Bertz CT molecular complexity index is 692. The van der Waals surface area contributed by atoms with Crippen LogP contribution in [-0.2, 0) is 11.1 Å². The molecule has 0 bridgehead atoms. The van der Waals surface area contributed by atoms with Gasteiger partial charge in [0.05, 0.1) is 11.2 Å². The maximum Gasteiger partial charge on any atom is 0.151 e. The number of aliphatic hydroxyl groups is 1. The first-order chi connectivity index (χ1) is 10.8. The zero-order valence-electron chi connectivity index (χ0n) is 13.6. The lowest BCUT2D eigenvalue weighted by Gasteiger charge is -2.48. The highest BCUT2D eigenvalue weighted by Gasteiger charge is 2.46. The molecule has 0 atom stereocenters. The van der Waals surface area contributed by atoms with Gasteiger partial charge in [-0.1, -0.05) is 0 Å². The van der Waals surface area contributed by atoms with Crippen molar-refractivity contribution in [2.24, 2.45) is 0 Å². The Labute approximate surface area is 135 Å². The van der Waals surface area contributed by atoms with Crippen LogP contribution in [0.2, 0.25) is 0 Å². The Hall–Kier alpha value is -2.08. The highest BCUT2D eigenvalue weighted by molar-refractivity contribution is 5.45. The monoisotopic (exact) mass is 316 g/mol. The first-order valence-electron chi connectivity index (χ1n) is 7.76. The molecule has 1 N–H and O–H groups in total. The Balaban J connectivity index is 1.95. The maximum atomic E-state index is 14.2. The van der Waals surface area contributed by atoms with Crippen molar-refractivity contribution in [1.29, 1.82) is 0 Å². The van der Waals surface area contributed by atoms with Gasteiger partial charge in [0.1, 0.15) is 17.1 Å². The standard InChI is InChI=1S/C17H21FN4O/c1-16(2,23)13-7-8-14(21-20-13)22(3)17(9-5-10-17)15-12(18)6-4-11-19-15/h4,6-8,11,23H,5,9-10H2,1-3H3. The van der Waals surface area contributed by atoms with Gasteiger partial charge in [0.15, 0.2) is 5.82 Å². The van der Waals surface area contributed by atoms with Gasteiger partial charge >= 0.3 is 0 Å². The summed E-state index contributed by atoms with van der Waals surface area (Å²) in [6.07, 6.45) is 4.30. The van der Waals surface area contributed by atoms with Crippen molar-refractivity contribution >= 4 is 5.82 Å². The zero-order chi connectivity index (χ0) is 16.7. The van der Waals surface area contributed by atoms with E-state index in [0.29, 0.717) is 17.2 Å². The van der Waals surface area contributed by atoms with Crippen molar-refractivity contribution in [2.75, 3.05) is 11.9 Å². The van der Waals surface area contributed by atoms with Crippen molar-refractivity contribution < 1.29 is 9.50 Å². The second kappa shape index (κ2) is 5.53. The van der Waals surface area contributed by atoms with Gasteiger partial charge in [-0.05, 0) is 57.4 Å². The van der Waals surface area contributed by atoms with E-state index in [1.807, 2.05) is 11.9 Å². The van der Waals surface area contributed by atoms with Crippen LogP contribution >= 0.6 is 0 Å². The molecule has 2 heterocycles. The molecule has 0 unspecified atom stereocenters. The summed E-state index contributed by atoms with van der Waals surface area (Å²) >= 11 is 0. The molecule has 5 nitrogen and oxygen atoms in total. The highest BCUT2D eigenvalue weighted by atomic mass is 19.1. The topological polar surface area (TPSA) is 62.1 Å². The van der Waals surface area contributed by atoms with Gasteiger partial charge in [0, 0.05) is 13.2 Å². The molecular weight excluding hydrogens is 295 g/mol. The van der Waals surface area contributed by atoms with Gasteiger partial charge in [-0.2, -0.15) is 5.10 Å². The summed E-state index contributed by atoms with van der Waals surface area (Å²) in [5.41, 5.74) is -0.551. The van der Waals surface area contributed by atoms with Crippen LogP contribution < -0.4 is 4.90 Å². The molecule has 0 aliphatic heterocycles. The predicted molar refractivity (Wildman–Crippen MR) is 85.4 cm³/mol. The van der Waals surface area contributed by atoms with Crippen LogP contribution in [-0.4, -0.2) is 27.3 Å². The second-order valence-electron chi connectivity index (χ2n) is 6.61. The van der Waals surface area contributed by atoms with E-state index in [4.69, 9.17) is 0 Å². The van der Waals surface area contributed by atoms with Crippen LogP contribution in [0.5, 0.6) is 0 Å². The zero-order valence-corrected chi connectivity index (χ0v) is 13.6. The van der Waals surface area contributed by atoms with E-state index < -0.39 is 11.1 Å². The number of nitrogens with zero attached hydrogens (tertiary/aromatic N) is 4. The van der Waals surface area contributed by atoms with Crippen molar-refractivity contribution in [3.63, 3.8) is 0 Å². The molecule has 23 heavy (non-hydrogen) atoms. The minimum atomic E-state index is -1.04. The minimum Gasteiger partial charge on any atom is -0.384 e. The van der Waals surface area contributed by atoms with Crippen LogP contribution in [0.15, 0.2) is 30.5 Å². The van der Waals surface area contributed by atoms with E-state index in [0.717, 1.165) is 19.3 Å². The van der Waals surface area contributed by atoms with E-state index in [-0.39, 0.29) is 5.82 Å². The first kappa shape index (κ1) is 15.8. The molecule has 2 aromatic rings. The van der Waals surface area contributed by atoms with Crippen LogP contribution in [0.3, 0.4) is 0 Å². The molecular formula is C17H21FN4O. The molecule has 1 aliphatic rings. The van der Waals surface area contributed by atoms with Gasteiger partial charge in [-0.3, -0.25) is 4.98 Å². The third kappa shape index (κ3) is 2.67. The minimum absolute atomic E-state index is 0.292.